The first-order valence-electron chi connectivity index (χ1n) is 9.31. The van der Waals surface area contributed by atoms with Crippen LogP contribution in [0.3, 0.4) is 0 Å². The van der Waals surface area contributed by atoms with Crippen LogP contribution >= 0.6 is 11.6 Å². The van der Waals surface area contributed by atoms with Gasteiger partial charge in [-0.2, -0.15) is 4.98 Å². The molecule has 1 aromatic carbocycles. The van der Waals surface area contributed by atoms with Crippen molar-refractivity contribution < 1.29 is 4.92 Å². The van der Waals surface area contributed by atoms with E-state index in [1.165, 1.54) is 18.2 Å². The van der Waals surface area contributed by atoms with E-state index < -0.39 is 4.92 Å². The van der Waals surface area contributed by atoms with Gasteiger partial charge in [0.05, 0.1) is 10.6 Å². The van der Waals surface area contributed by atoms with Gasteiger partial charge in [0.25, 0.3) is 5.69 Å². The molecule has 0 spiro atoms. The Labute approximate surface area is 179 Å². The van der Waals surface area contributed by atoms with Crippen LogP contribution in [0.2, 0.25) is 5.02 Å². The lowest BCUT2D eigenvalue weighted by Gasteiger charge is -2.13. The zero-order valence-electron chi connectivity index (χ0n) is 16.7. The van der Waals surface area contributed by atoms with E-state index in [-0.39, 0.29) is 11.4 Å². The molecule has 0 amide bonds. The van der Waals surface area contributed by atoms with Gasteiger partial charge >= 0.3 is 0 Å². The van der Waals surface area contributed by atoms with Crippen molar-refractivity contribution >= 4 is 34.7 Å². The summed E-state index contributed by atoms with van der Waals surface area (Å²) in [7, 11) is 4.03. The number of rotatable bonds is 9. The van der Waals surface area contributed by atoms with E-state index in [4.69, 9.17) is 11.6 Å². The highest BCUT2D eigenvalue weighted by Crippen LogP contribution is 2.31. The lowest BCUT2D eigenvalue weighted by molar-refractivity contribution is -0.383. The highest BCUT2D eigenvalue weighted by Gasteiger charge is 2.16. The largest absolute Gasteiger partial charge is 0.354 e. The van der Waals surface area contributed by atoms with Crippen LogP contribution in [0.15, 0.2) is 48.8 Å². The van der Waals surface area contributed by atoms with Crippen molar-refractivity contribution in [3.05, 3.63) is 63.9 Å². The maximum Gasteiger partial charge on any atom is 0.292 e. The summed E-state index contributed by atoms with van der Waals surface area (Å²) in [6, 6.07) is 9.74. The van der Waals surface area contributed by atoms with Crippen LogP contribution in [0, 0.1) is 10.1 Å². The summed E-state index contributed by atoms with van der Waals surface area (Å²) in [4.78, 5) is 26.2. The molecule has 2 N–H and O–H groups in total. The Bertz CT molecular complexity index is 1020. The number of hydrogen-bond acceptors (Lipinski definition) is 8. The molecule has 0 radical (unpaired) electrons. The van der Waals surface area contributed by atoms with Gasteiger partial charge in [-0.3, -0.25) is 15.1 Å². The molecule has 0 bridgehead atoms. The number of nitro benzene ring substituents is 1. The van der Waals surface area contributed by atoms with E-state index in [1.807, 2.05) is 26.2 Å². The van der Waals surface area contributed by atoms with E-state index in [2.05, 4.69) is 30.5 Å². The SMILES string of the molecule is CN(C)CCCNc1nc(Nc2cc(Cl)ccc2[N+](=O)[O-])cc(-c2cccnc2)n1. The van der Waals surface area contributed by atoms with Gasteiger partial charge in [0.2, 0.25) is 5.95 Å². The second kappa shape index (κ2) is 9.95. The van der Waals surface area contributed by atoms with Crippen molar-refractivity contribution in [2.24, 2.45) is 0 Å². The second-order valence-corrected chi connectivity index (χ2v) is 7.27. The summed E-state index contributed by atoms with van der Waals surface area (Å²) in [5, 5.41) is 18.0. The predicted octanol–water partition coefficient (Wildman–Crippen LogP) is 4.21. The third kappa shape index (κ3) is 5.85. The molecule has 3 rings (SSSR count). The van der Waals surface area contributed by atoms with Crippen LogP contribution in [-0.4, -0.2) is 52.0 Å². The number of aromatic nitrogens is 3. The molecule has 30 heavy (non-hydrogen) atoms. The molecule has 10 heteroatoms. The van der Waals surface area contributed by atoms with Gasteiger partial charge < -0.3 is 15.5 Å². The molecule has 0 saturated heterocycles. The molecule has 2 aromatic heterocycles. The number of nitro groups is 1. The summed E-state index contributed by atoms with van der Waals surface area (Å²) in [5.41, 5.74) is 1.60. The molecule has 0 aliphatic heterocycles. The Balaban J connectivity index is 1.92. The van der Waals surface area contributed by atoms with Crippen molar-refractivity contribution in [2.75, 3.05) is 37.8 Å². The normalized spacial score (nSPS) is 10.8. The Kier molecular flexibility index (Phi) is 7.10. The van der Waals surface area contributed by atoms with E-state index in [1.54, 1.807) is 18.5 Å². The summed E-state index contributed by atoms with van der Waals surface area (Å²) in [6.07, 6.45) is 4.29. The Morgan fingerprint density at radius 1 is 1.20 bits per heavy atom. The van der Waals surface area contributed by atoms with Crippen LogP contribution < -0.4 is 10.6 Å². The number of halogens is 1. The van der Waals surface area contributed by atoms with E-state index >= 15 is 0 Å². The number of benzene rings is 1. The molecule has 0 atom stereocenters. The fourth-order valence-corrected chi connectivity index (χ4v) is 2.93. The smallest absolute Gasteiger partial charge is 0.292 e. The standard InChI is InChI=1S/C20H22ClN7O2/c1-27(2)10-4-9-23-20-25-16(14-5-3-8-22-13-14)12-19(26-20)24-17-11-15(21)6-7-18(17)28(29)30/h3,5-8,11-13H,4,9-10H2,1-2H3,(H2,23,24,25,26). The molecular formula is C20H22ClN7O2. The van der Waals surface area contributed by atoms with Crippen LogP contribution in [0.4, 0.5) is 23.1 Å². The summed E-state index contributed by atoms with van der Waals surface area (Å²) < 4.78 is 0. The van der Waals surface area contributed by atoms with Gasteiger partial charge in [-0.25, -0.2) is 4.98 Å². The summed E-state index contributed by atoms with van der Waals surface area (Å²) >= 11 is 6.04. The lowest BCUT2D eigenvalue weighted by atomic mass is 10.2. The Morgan fingerprint density at radius 2 is 2.03 bits per heavy atom. The first-order chi connectivity index (χ1) is 14.4. The zero-order valence-corrected chi connectivity index (χ0v) is 17.4. The van der Waals surface area contributed by atoms with Gasteiger partial charge in [0.15, 0.2) is 0 Å². The van der Waals surface area contributed by atoms with Crippen molar-refractivity contribution in [1.82, 2.24) is 19.9 Å². The van der Waals surface area contributed by atoms with Crippen molar-refractivity contribution in [1.29, 1.82) is 0 Å². The quantitative estimate of drug-likeness (QED) is 0.297. The average Bonchev–Trinajstić information content (AvgIpc) is 2.71. The number of pyridine rings is 1. The van der Waals surface area contributed by atoms with E-state index in [0.717, 1.165) is 18.5 Å². The monoisotopic (exact) mass is 427 g/mol. The van der Waals surface area contributed by atoms with Gasteiger partial charge in [0.1, 0.15) is 11.5 Å². The first-order valence-corrected chi connectivity index (χ1v) is 9.69. The summed E-state index contributed by atoms with van der Waals surface area (Å²) in [6.45, 7) is 1.61. The van der Waals surface area contributed by atoms with Crippen LogP contribution in [-0.2, 0) is 0 Å². The molecule has 0 aliphatic rings. The topological polar surface area (TPSA) is 109 Å². The maximum atomic E-state index is 11.4. The lowest BCUT2D eigenvalue weighted by Crippen LogP contribution is -2.17. The fraction of sp³-hybridized carbons (Fsp3) is 0.250. The third-order valence-corrected chi connectivity index (χ3v) is 4.40. The number of nitrogens with one attached hydrogen (secondary N) is 2. The minimum Gasteiger partial charge on any atom is -0.354 e. The van der Waals surface area contributed by atoms with Gasteiger partial charge in [-0.1, -0.05) is 11.6 Å². The van der Waals surface area contributed by atoms with Crippen molar-refractivity contribution in [3.8, 4) is 11.3 Å². The van der Waals surface area contributed by atoms with Crippen LogP contribution in [0.25, 0.3) is 11.3 Å². The predicted molar refractivity (Wildman–Crippen MR) is 118 cm³/mol. The Hall–Kier alpha value is -3.30. The van der Waals surface area contributed by atoms with Crippen molar-refractivity contribution in [3.63, 3.8) is 0 Å². The minimum atomic E-state index is -0.470. The molecule has 3 aromatic rings. The molecule has 156 valence electrons. The molecule has 0 fully saturated rings. The highest BCUT2D eigenvalue weighted by atomic mass is 35.5. The summed E-state index contributed by atoms with van der Waals surface area (Å²) in [5.74, 6) is 0.826. The molecule has 0 aliphatic carbocycles. The van der Waals surface area contributed by atoms with Crippen LogP contribution in [0.5, 0.6) is 0 Å². The van der Waals surface area contributed by atoms with Gasteiger partial charge in [-0.15, -0.1) is 0 Å². The minimum absolute atomic E-state index is 0.0959. The molecule has 9 nitrogen and oxygen atoms in total. The number of nitrogens with zero attached hydrogens (tertiary/aromatic N) is 5. The van der Waals surface area contributed by atoms with Gasteiger partial charge in [0, 0.05) is 41.7 Å². The first kappa shape index (κ1) is 21.4. The average molecular weight is 428 g/mol. The van der Waals surface area contributed by atoms with E-state index in [9.17, 15) is 10.1 Å². The highest BCUT2D eigenvalue weighted by molar-refractivity contribution is 6.31. The van der Waals surface area contributed by atoms with Crippen molar-refractivity contribution in [2.45, 2.75) is 6.42 Å². The molecular weight excluding hydrogens is 406 g/mol. The fourth-order valence-electron chi connectivity index (χ4n) is 2.75. The third-order valence-electron chi connectivity index (χ3n) is 4.17. The molecule has 2 heterocycles. The van der Waals surface area contributed by atoms with Gasteiger partial charge in [-0.05, 0) is 51.3 Å². The second-order valence-electron chi connectivity index (χ2n) is 6.83. The molecule has 0 unspecified atom stereocenters. The molecule has 0 saturated carbocycles. The maximum absolute atomic E-state index is 11.4. The van der Waals surface area contributed by atoms with Crippen LogP contribution in [0.1, 0.15) is 6.42 Å². The number of hydrogen-bond donors (Lipinski definition) is 2. The van der Waals surface area contributed by atoms with E-state index in [0.29, 0.717) is 29.0 Å². The number of anilines is 3. The Morgan fingerprint density at radius 3 is 2.73 bits per heavy atom. The zero-order chi connectivity index (χ0) is 21.5.